The van der Waals surface area contributed by atoms with Gasteiger partial charge in [-0.25, -0.2) is 18.6 Å². The van der Waals surface area contributed by atoms with Crippen LogP contribution in [0.2, 0.25) is 0 Å². The molecule has 0 aliphatic heterocycles. The lowest BCUT2D eigenvalue weighted by atomic mass is 9.84. The van der Waals surface area contributed by atoms with E-state index in [1.807, 2.05) is 0 Å². The van der Waals surface area contributed by atoms with Gasteiger partial charge in [-0.3, -0.25) is 18.8 Å². The van der Waals surface area contributed by atoms with Gasteiger partial charge in [-0.15, -0.1) is 0 Å². The summed E-state index contributed by atoms with van der Waals surface area (Å²) in [5, 5.41) is 9.97. The molecule has 0 heterocycles. The quantitative estimate of drug-likeness (QED) is 0.0161. The van der Waals surface area contributed by atoms with Gasteiger partial charge in [0, 0.05) is 14.2 Å². The Labute approximate surface area is 544 Å². The molecule has 38 nitrogen and oxygen atoms in total. The molecule has 0 radical (unpaired) electrons. The lowest BCUT2D eigenvalue weighted by molar-refractivity contribution is -0.350. The van der Waals surface area contributed by atoms with Crippen molar-refractivity contribution in [2.75, 3.05) is 305 Å². The average Bonchev–Trinajstić information content (AvgIpc) is 0.763. The molecule has 0 amide bonds. The van der Waals surface area contributed by atoms with Gasteiger partial charge >= 0.3 is 23.5 Å². The highest BCUT2D eigenvalue weighted by Crippen LogP contribution is 2.51. The van der Waals surface area contributed by atoms with Crippen LogP contribution < -0.4 is 0 Å². The van der Waals surface area contributed by atoms with Crippen LogP contribution in [0.1, 0.15) is 0 Å². The molecule has 41 heteroatoms. The van der Waals surface area contributed by atoms with Crippen molar-refractivity contribution >= 4 is 23.5 Å². The molecule has 0 spiro atoms. The van der Waals surface area contributed by atoms with E-state index in [0.717, 1.165) is 0 Å². The molecular weight excluding hydrogens is 1330 g/mol. The maximum absolute atomic E-state index is 12.3. The standard InChI is InChI=1S/C52H107O38P3/c1-63-3-5-65-7-9-67-11-13-69-15-17-71-19-21-73-23-25-75-27-29-77-31-33-79-35-37-81-39-41-83-43-45-85-47-49(87-53)52(90-93(60,61)62)51(89-92(57,58)59)48(50(47)88-91(54,55)56)86-46-44-84-42-40-82-38-36-80-34-32-78-30-28-76-26-24-74-22-20-72-18-16-70-14-12-68-10-8-66-6-4-64-2/h47-53H,3-46H2,1-2H3,(H2,54,55,56)(H2,57,58,59)(H2,60,61,62)/t47?,48?,49-,50+,51?,52-/m1/s1. The number of ether oxygens (including phenoxy) is 24. The summed E-state index contributed by atoms with van der Waals surface area (Å²) in [6.45, 7) is 13.4. The van der Waals surface area contributed by atoms with E-state index in [1.165, 1.54) is 0 Å². The second-order valence-corrected chi connectivity index (χ2v) is 22.2. The van der Waals surface area contributed by atoms with Gasteiger partial charge in [0.2, 0.25) is 0 Å². The van der Waals surface area contributed by atoms with E-state index in [4.69, 9.17) is 127 Å². The average molecular weight is 1430 g/mol. The zero-order valence-electron chi connectivity index (χ0n) is 53.7. The molecule has 6 atom stereocenters. The van der Waals surface area contributed by atoms with Crippen molar-refractivity contribution in [3.63, 3.8) is 0 Å². The van der Waals surface area contributed by atoms with Crippen molar-refractivity contribution in [2.24, 2.45) is 0 Å². The Bertz CT molecular complexity index is 1730. The van der Waals surface area contributed by atoms with Crippen molar-refractivity contribution in [1.82, 2.24) is 0 Å². The summed E-state index contributed by atoms with van der Waals surface area (Å²) in [6, 6.07) is 0. The molecule has 1 fully saturated rings. The molecule has 1 aliphatic rings. The predicted molar refractivity (Wildman–Crippen MR) is 318 cm³/mol. The minimum atomic E-state index is -5.65. The van der Waals surface area contributed by atoms with Crippen LogP contribution in [0.5, 0.6) is 0 Å². The Kier molecular flexibility index (Phi) is 62.8. The van der Waals surface area contributed by atoms with Crippen LogP contribution in [0.15, 0.2) is 0 Å². The van der Waals surface area contributed by atoms with Gasteiger partial charge in [0.05, 0.1) is 291 Å². The van der Waals surface area contributed by atoms with Gasteiger partial charge in [-0.1, -0.05) is 0 Å². The van der Waals surface area contributed by atoms with Crippen molar-refractivity contribution in [2.45, 2.75) is 36.6 Å². The number of rotatable bonds is 75. The highest BCUT2D eigenvalue weighted by atomic mass is 31.2. The predicted octanol–water partition coefficient (Wildman–Crippen LogP) is -1.31. The van der Waals surface area contributed by atoms with Crippen LogP contribution in [0.3, 0.4) is 0 Å². The van der Waals surface area contributed by atoms with Gasteiger partial charge in [-0.05, 0) is 0 Å². The Balaban J connectivity index is 2.28. The van der Waals surface area contributed by atoms with Gasteiger partial charge < -0.3 is 143 Å². The summed E-state index contributed by atoms with van der Waals surface area (Å²) < 4.78 is 181. The third-order valence-corrected chi connectivity index (χ3v) is 13.0. The van der Waals surface area contributed by atoms with Gasteiger partial charge in [0.25, 0.3) is 0 Å². The highest BCUT2D eigenvalue weighted by Gasteiger charge is 2.59. The Morgan fingerprint density at radius 1 is 0.204 bits per heavy atom. The fourth-order valence-electron chi connectivity index (χ4n) is 7.39. The fourth-order valence-corrected chi connectivity index (χ4v) is 9.06. The molecule has 7 N–H and O–H groups in total. The van der Waals surface area contributed by atoms with Crippen LogP contribution in [0.4, 0.5) is 0 Å². The van der Waals surface area contributed by atoms with Crippen LogP contribution >= 0.6 is 23.5 Å². The van der Waals surface area contributed by atoms with E-state index in [2.05, 4.69) is 4.89 Å². The van der Waals surface area contributed by atoms with Crippen LogP contribution in [-0.4, -0.2) is 376 Å². The minimum Gasteiger partial charge on any atom is -0.382 e. The van der Waals surface area contributed by atoms with Gasteiger partial charge in [0.1, 0.15) is 30.5 Å². The van der Waals surface area contributed by atoms with Crippen LogP contribution in [0, 0.1) is 0 Å². The summed E-state index contributed by atoms with van der Waals surface area (Å²) in [6.07, 6.45) is -13.1. The molecule has 93 heavy (non-hydrogen) atoms. The summed E-state index contributed by atoms with van der Waals surface area (Å²) in [5.74, 6) is 0. The minimum absolute atomic E-state index is 0.00905. The van der Waals surface area contributed by atoms with E-state index >= 15 is 0 Å². The van der Waals surface area contributed by atoms with E-state index in [1.54, 1.807) is 14.2 Å². The fraction of sp³-hybridized carbons (Fsp3) is 1.00. The number of hydrogen-bond donors (Lipinski definition) is 7. The molecule has 1 aliphatic carbocycles. The monoisotopic (exact) mass is 1430 g/mol. The topological polar surface area (TPSA) is 451 Å². The normalized spacial score (nSPS) is 18.2. The van der Waals surface area contributed by atoms with Crippen molar-refractivity contribution in [3.8, 4) is 0 Å². The van der Waals surface area contributed by atoms with E-state index in [0.29, 0.717) is 211 Å². The zero-order valence-corrected chi connectivity index (χ0v) is 56.4. The zero-order chi connectivity index (χ0) is 67.9. The maximum Gasteiger partial charge on any atom is 0.470 e. The van der Waals surface area contributed by atoms with Gasteiger partial charge in [0.15, 0.2) is 6.10 Å². The first-order valence-electron chi connectivity index (χ1n) is 30.4. The third-order valence-electron chi connectivity index (χ3n) is 11.5. The lowest BCUT2D eigenvalue weighted by Crippen LogP contribution is -2.67. The number of phosphoric acid groups is 3. The third kappa shape index (κ3) is 59.8. The van der Waals surface area contributed by atoms with Crippen molar-refractivity contribution < 1.29 is 180 Å². The summed E-state index contributed by atoms with van der Waals surface area (Å²) in [5.41, 5.74) is 0. The summed E-state index contributed by atoms with van der Waals surface area (Å²) >= 11 is 0. The first-order valence-corrected chi connectivity index (χ1v) is 35.0. The molecule has 0 aromatic heterocycles. The SMILES string of the molecule is COCCOCCOCCOCCOCCOCCOCCOCCOCCOCCOCCOC1C(OP(=O)(O)O)[C@H](OP(=O)(O)O)[C@H](OO)C(OCCOCCOCCOCCOCCOCCOCCOCCOCCOCCOCCOC)[C@@H]1OP(=O)(O)O. The number of methoxy groups -OCH3 is 2. The molecular formula is C52H107O38P3. The molecule has 0 saturated heterocycles. The first-order chi connectivity index (χ1) is 45.1. The molecule has 558 valence electrons. The first kappa shape index (κ1) is 90.3. The summed E-state index contributed by atoms with van der Waals surface area (Å²) in [7, 11) is -13.6. The lowest BCUT2D eigenvalue weighted by Gasteiger charge is -2.47. The van der Waals surface area contributed by atoms with E-state index < -0.39 is 73.3 Å². The van der Waals surface area contributed by atoms with Crippen LogP contribution in [-0.2, 0) is 146 Å². The Hall–Kier alpha value is -0.710. The van der Waals surface area contributed by atoms with Crippen molar-refractivity contribution in [1.29, 1.82) is 0 Å². The highest BCUT2D eigenvalue weighted by molar-refractivity contribution is 7.46. The molecule has 0 aromatic carbocycles. The smallest absolute Gasteiger partial charge is 0.382 e. The second-order valence-electron chi connectivity index (χ2n) is 18.7. The number of phosphoric ester groups is 3. The maximum atomic E-state index is 12.3. The van der Waals surface area contributed by atoms with E-state index in [-0.39, 0.29) is 66.1 Å². The van der Waals surface area contributed by atoms with Crippen molar-refractivity contribution in [3.05, 3.63) is 0 Å². The number of hydrogen-bond acceptors (Lipinski definition) is 32. The van der Waals surface area contributed by atoms with Crippen LogP contribution in [0.25, 0.3) is 0 Å². The Morgan fingerprint density at radius 3 is 0.484 bits per heavy atom. The second kappa shape index (κ2) is 64.7. The van der Waals surface area contributed by atoms with E-state index in [9.17, 15) is 48.3 Å². The molecule has 3 unspecified atom stereocenters. The molecule has 1 rings (SSSR count). The molecule has 0 bridgehead atoms. The molecule has 1 saturated carbocycles. The van der Waals surface area contributed by atoms with Gasteiger partial charge in [-0.2, -0.15) is 0 Å². The largest absolute Gasteiger partial charge is 0.470 e. The Morgan fingerprint density at radius 2 is 0.333 bits per heavy atom. The molecule has 0 aromatic rings. The summed E-state index contributed by atoms with van der Waals surface area (Å²) in [4.78, 5) is 63.3.